The highest BCUT2D eigenvalue weighted by Gasteiger charge is 2.16. The summed E-state index contributed by atoms with van der Waals surface area (Å²) in [5.41, 5.74) is 0.808. The Balaban J connectivity index is 2.98. The van der Waals surface area contributed by atoms with Crippen LogP contribution in [0.1, 0.15) is 18.6 Å². The van der Waals surface area contributed by atoms with Crippen LogP contribution in [0.25, 0.3) is 0 Å². The second-order valence-corrected chi connectivity index (χ2v) is 3.28. The normalized spacial score (nSPS) is 14.5. The van der Waals surface area contributed by atoms with Gasteiger partial charge in [0.05, 0.1) is 13.2 Å². The predicted molar refractivity (Wildman–Crippen MR) is 57.3 cm³/mol. The van der Waals surface area contributed by atoms with Crippen molar-refractivity contribution < 1.29 is 9.84 Å². The second kappa shape index (κ2) is 4.82. The fraction of sp³-hybridized carbons (Fsp3) is 0.333. The SMILES string of the molecule is C=CC(C)C(O)c1ccccc1OC. The lowest BCUT2D eigenvalue weighted by molar-refractivity contribution is 0.136. The molecule has 76 valence electrons. The average Bonchev–Trinajstić information content (AvgIpc) is 2.26. The zero-order valence-electron chi connectivity index (χ0n) is 8.60. The molecular weight excluding hydrogens is 176 g/mol. The number of hydrogen-bond donors (Lipinski definition) is 1. The molecule has 14 heavy (non-hydrogen) atoms. The monoisotopic (exact) mass is 192 g/mol. The van der Waals surface area contributed by atoms with Crippen molar-refractivity contribution in [3.05, 3.63) is 42.5 Å². The Kier molecular flexibility index (Phi) is 3.72. The highest BCUT2D eigenvalue weighted by atomic mass is 16.5. The van der Waals surface area contributed by atoms with E-state index in [0.29, 0.717) is 5.75 Å². The zero-order valence-corrected chi connectivity index (χ0v) is 8.60. The molecule has 0 saturated carbocycles. The van der Waals surface area contributed by atoms with E-state index in [1.54, 1.807) is 13.2 Å². The van der Waals surface area contributed by atoms with Crippen molar-refractivity contribution in [1.29, 1.82) is 0 Å². The van der Waals surface area contributed by atoms with Gasteiger partial charge in [0, 0.05) is 11.5 Å². The van der Waals surface area contributed by atoms with E-state index in [2.05, 4.69) is 6.58 Å². The summed E-state index contributed by atoms with van der Waals surface area (Å²) in [6, 6.07) is 7.47. The summed E-state index contributed by atoms with van der Waals surface area (Å²) < 4.78 is 5.17. The number of ether oxygens (including phenoxy) is 1. The molecule has 0 spiro atoms. The Bertz CT molecular complexity index is 307. The van der Waals surface area contributed by atoms with Gasteiger partial charge >= 0.3 is 0 Å². The van der Waals surface area contributed by atoms with E-state index in [1.165, 1.54) is 0 Å². The molecular formula is C12H16O2. The second-order valence-electron chi connectivity index (χ2n) is 3.28. The topological polar surface area (TPSA) is 29.5 Å². The molecule has 2 atom stereocenters. The van der Waals surface area contributed by atoms with Gasteiger partial charge in [-0.1, -0.05) is 31.2 Å². The van der Waals surface area contributed by atoms with E-state index >= 15 is 0 Å². The molecule has 0 bridgehead atoms. The molecule has 0 radical (unpaired) electrons. The smallest absolute Gasteiger partial charge is 0.124 e. The molecule has 1 aromatic rings. The van der Waals surface area contributed by atoms with Crippen LogP contribution >= 0.6 is 0 Å². The first-order valence-electron chi connectivity index (χ1n) is 4.64. The fourth-order valence-corrected chi connectivity index (χ4v) is 1.32. The summed E-state index contributed by atoms with van der Waals surface area (Å²) in [6.07, 6.45) is 1.18. The van der Waals surface area contributed by atoms with Crippen LogP contribution in [0.4, 0.5) is 0 Å². The number of para-hydroxylation sites is 1. The molecule has 2 nitrogen and oxygen atoms in total. The standard InChI is InChI=1S/C12H16O2/c1-4-9(2)12(13)10-7-5-6-8-11(10)14-3/h4-9,12-13H,1H2,2-3H3. The van der Waals surface area contributed by atoms with Crippen LogP contribution in [0.15, 0.2) is 36.9 Å². The highest BCUT2D eigenvalue weighted by Crippen LogP contribution is 2.29. The third kappa shape index (κ3) is 2.15. The number of benzene rings is 1. The van der Waals surface area contributed by atoms with E-state index in [1.807, 2.05) is 31.2 Å². The highest BCUT2D eigenvalue weighted by molar-refractivity contribution is 5.35. The maximum Gasteiger partial charge on any atom is 0.124 e. The molecule has 0 fully saturated rings. The molecule has 0 heterocycles. The number of rotatable bonds is 4. The summed E-state index contributed by atoms with van der Waals surface area (Å²) in [7, 11) is 1.60. The quantitative estimate of drug-likeness (QED) is 0.743. The zero-order chi connectivity index (χ0) is 10.6. The van der Waals surface area contributed by atoms with E-state index in [4.69, 9.17) is 4.74 Å². The summed E-state index contributed by atoms with van der Waals surface area (Å²) in [5.74, 6) is 0.736. The largest absolute Gasteiger partial charge is 0.496 e. The summed E-state index contributed by atoms with van der Waals surface area (Å²) >= 11 is 0. The minimum atomic E-state index is -0.552. The molecule has 1 N–H and O–H groups in total. The average molecular weight is 192 g/mol. The van der Waals surface area contributed by atoms with Gasteiger partial charge in [-0.05, 0) is 6.07 Å². The number of methoxy groups -OCH3 is 1. The van der Waals surface area contributed by atoms with Crippen LogP contribution in [0.3, 0.4) is 0 Å². The Hall–Kier alpha value is -1.28. The number of hydrogen-bond acceptors (Lipinski definition) is 2. The van der Waals surface area contributed by atoms with Gasteiger partial charge in [-0.15, -0.1) is 6.58 Å². The van der Waals surface area contributed by atoms with Gasteiger partial charge < -0.3 is 9.84 Å². The van der Waals surface area contributed by atoms with E-state index in [0.717, 1.165) is 5.56 Å². The van der Waals surface area contributed by atoms with E-state index in [-0.39, 0.29) is 5.92 Å². The van der Waals surface area contributed by atoms with Crippen LogP contribution in [0.2, 0.25) is 0 Å². The first-order chi connectivity index (χ1) is 6.70. The Morgan fingerprint density at radius 3 is 2.64 bits per heavy atom. The van der Waals surface area contributed by atoms with Crippen molar-refractivity contribution in [2.45, 2.75) is 13.0 Å². The molecule has 1 aromatic carbocycles. The van der Waals surface area contributed by atoms with Gasteiger partial charge in [-0.2, -0.15) is 0 Å². The molecule has 0 saturated heterocycles. The van der Waals surface area contributed by atoms with Gasteiger partial charge in [0.2, 0.25) is 0 Å². The van der Waals surface area contributed by atoms with Crippen molar-refractivity contribution in [2.24, 2.45) is 5.92 Å². The third-order valence-electron chi connectivity index (χ3n) is 2.33. The summed E-state index contributed by atoms with van der Waals surface area (Å²) in [6.45, 7) is 5.58. The van der Waals surface area contributed by atoms with Gasteiger partial charge in [0.25, 0.3) is 0 Å². The Morgan fingerprint density at radius 1 is 1.43 bits per heavy atom. The summed E-state index contributed by atoms with van der Waals surface area (Å²) in [4.78, 5) is 0. The molecule has 1 rings (SSSR count). The lowest BCUT2D eigenvalue weighted by atomic mass is 9.97. The molecule has 0 aromatic heterocycles. The molecule has 0 amide bonds. The number of aliphatic hydroxyl groups excluding tert-OH is 1. The van der Waals surface area contributed by atoms with Crippen LogP contribution in [0.5, 0.6) is 5.75 Å². The molecule has 0 aliphatic heterocycles. The molecule has 2 unspecified atom stereocenters. The fourth-order valence-electron chi connectivity index (χ4n) is 1.32. The maximum atomic E-state index is 9.95. The third-order valence-corrected chi connectivity index (χ3v) is 2.33. The van der Waals surface area contributed by atoms with Crippen LogP contribution in [0, 0.1) is 5.92 Å². The van der Waals surface area contributed by atoms with Crippen molar-refractivity contribution in [3.63, 3.8) is 0 Å². The molecule has 0 aliphatic rings. The van der Waals surface area contributed by atoms with Crippen molar-refractivity contribution >= 4 is 0 Å². The lowest BCUT2D eigenvalue weighted by Crippen LogP contribution is -2.07. The van der Waals surface area contributed by atoms with Crippen molar-refractivity contribution in [3.8, 4) is 5.75 Å². The lowest BCUT2D eigenvalue weighted by Gasteiger charge is -2.18. The molecule has 2 heteroatoms. The predicted octanol–water partition coefficient (Wildman–Crippen LogP) is 2.55. The number of aliphatic hydroxyl groups is 1. The minimum absolute atomic E-state index is 0.0197. The van der Waals surface area contributed by atoms with Crippen LogP contribution in [-0.4, -0.2) is 12.2 Å². The first kappa shape index (κ1) is 10.8. The van der Waals surface area contributed by atoms with Crippen LogP contribution in [-0.2, 0) is 0 Å². The van der Waals surface area contributed by atoms with Gasteiger partial charge in [-0.3, -0.25) is 0 Å². The van der Waals surface area contributed by atoms with Crippen LogP contribution < -0.4 is 4.74 Å². The van der Waals surface area contributed by atoms with Gasteiger partial charge in [0.15, 0.2) is 0 Å². The molecule has 0 aliphatic carbocycles. The Morgan fingerprint density at radius 2 is 2.07 bits per heavy atom. The van der Waals surface area contributed by atoms with Crippen molar-refractivity contribution in [2.75, 3.05) is 7.11 Å². The van der Waals surface area contributed by atoms with Gasteiger partial charge in [-0.25, -0.2) is 0 Å². The van der Waals surface area contributed by atoms with E-state index in [9.17, 15) is 5.11 Å². The Labute approximate surface area is 84.8 Å². The minimum Gasteiger partial charge on any atom is -0.496 e. The van der Waals surface area contributed by atoms with Crippen molar-refractivity contribution in [1.82, 2.24) is 0 Å². The first-order valence-corrected chi connectivity index (χ1v) is 4.64. The van der Waals surface area contributed by atoms with E-state index < -0.39 is 6.10 Å². The maximum absolute atomic E-state index is 9.95. The summed E-state index contributed by atoms with van der Waals surface area (Å²) in [5, 5.41) is 9.95. The van der Waals surface area contributed by atoms with Gasteiger partial charge in [0.1, 0.15) is 5.75 Å².